The van der Waals surface area contributed by atoms with Crippen LogP contribution in [0, 0.1) is 0 Å². The number of hydroxylamine groups is 1. The smallest absolute Gasteiger partial charge is 0.274 e. The van der Waals surface area contributed by atoms with E-state index < -0.39 is 15.9 Å². The molecule has 136 valence electrons. The van der Waals surface area contributed by atoms with Crippen LogP contribution in [0.2, 0.25) is 0 Å². The van der Waals surface area contributed by atoms with Crippen LogP contribution in [0.5, 0.6) is 0 Å². The maximum Gasteiger partial charge on any atom is 0.274 e. The second-order valence-corrected chi connectivity index (χ2v) is 9.33. The topological polar surface area (TPSA) is 99.6 Å². The monoisotopic (exact) mass is 409 g/mol. The standard InChI is InChI=1S/C16H15N3O4S3/c1-19(11-5-3-10(4-6-11)15(20)18-21)26(22,23)12-7-8-14-13(9-12)17-16(24-2)25-14/h3-9,21H,1-2H3,(H,18,20). The van der Waals surface area contributed by atoms with Crippen LogP contribution >= 0.6 is 23.1 Å². The Balaban J connectivity index is 1.94. The summed E-state index contributed by atoms with van der Waals surface area (Å²) in [5.41, 5.74) is 2.78. The molecule has 7 nitrogen and oxygen atoms in total. The van der Waals surface area contributed by atoms with Gasteiger partial charge in [-0.1, -0.05) is 11.8 Å². The Morgan fingerprint density at radius 3 is 2.54 bits per heavy atom. The molecular weight excluding hydrogens is 394 g/mol. The van der Waals surface area contributed by atoms with Gasteiger partial charge in [0.25, 0.3) is 15.9 Å². The van der Waals surface area contributed by atoms with Crippen molar-refractivity contribution in [2.45, 2.75) is 9.24 Å². The average Bonchev–Trinajstić information content (AvgIpc) is 3.09. The summed E-state index contributed by atoms with van der Waals surface area (Å²) in [6.45, 7) is 0. The summed E-state index contributed by atoms with van der Waals surface area (Å²) in [6.07, 6.45) is 1.92. The van der Waals surface area contributed by atoms with Crippen molar-refractivity contribution >= 4 is 54.9 Å². The first-order chi connectivity index (χ1) is 12.4. The molecule has 0 unspecified atom stereocenters. The first-order valence-corrected chi connectivity index (χ1v) is 10.8. The lowest BCUT2D eigenvalue weighted by molar-refractivity contribution is 0.0706. The van der Waals surface area contributed by atoms with E-state index >= 15 is 0 Å². The molecule has 2 aromatic carbocycles. The SMILES string of the molecule is CSc1nc2cc(S(=O)(=O)N(C)c3ccc(C(=O)NO)cc3)ccc2s1. The van der Waals surface area contributed by atoms with Gasteiger partial charge in [-0.2, -0.15) is 0 Å². The van der Waals surface area contributed by atoms with Crippen molar-refractivity contribution in [2.24, 2.45) is 0 Å². The lowest BCUT2D eigenvalue weighted by atomic mass is 10.2. The van der Waals surface area contributed by atoms with Gasteiger partial charge in [-0.15, -0.1) is 11.3 Å². The molecule has 26 heavy (non-hydrogen) atoms. The van der Waals surface area contributed by atoms with E-state index in [1.807, 2.05) is 6.26 Å². The molecule has 0 fully saturated rings. The number of aromatic nitrogens is 1. The Morgan fingerprint density at radius 2 is 1.92 bits per heavy atom. The third-order valence-corrected chi connectivity index (χ3v) is 7.57. The van der Waals surface area contributed by atoms with Crippen molar-refractivity contribution in [2.75, 3.05) is 17.6 Å². The van der Waals surface area contributed by atoms with E-state index in [9.17, 15) is 13.2 Å². The van der Waals surface area contributed by atoms with Crippen molar-refractivity contribution in [3.63, 3.8) is 0 Å². The summed E-state index contributed by atoms with van der Waals surface area (Å²) in [6, 6.07) is 10.7. The minimum absolute atomic E-state index is 0.141. The van der Waals surface area contributed by atoms with Crippen molar-refractivity contribution in [1.29, 1.82) is 0 Å². The van der Waals surface area contributed by atoms with E-state index in [-0.39, 0.29) is 10.5 Å². The number of amides is 1. The molecule has 0 saturated heterocycles. The highest BCUT2D eigenvalue weighted by Crippen LogP contribution is 2.31. The lowest BCUT2D eigenvalue weighted by Crippen LogP contribution is -2.26. The van der Waals surface area contributed by atoms with Gasteiger partial charge < -0.3 is 0 Å². The lowest BCUT2D eigenvalue weighted by Gasteiger charge is -2.19. The van der Waals surface area contributed by atoms with Gasteiger partial charge >= 0.3 is 0 Å². The van der Waals surface area contributed by atoms with Crippen LogP contribution in [0.4, 0.5) is 5.69 Å². The van der Waals surface area contributed by atoms with Gasteiger partial charge in [0, 0.05) is 12.6 Å². The first kappa shape index (κ1) is 18.6. The van der Waals surface area contributed by atoms with Crippen molar-refractivity contribution < 1.29 is 18.4 Å². The number of benzene rings is 2. The maximum absolute atomic E-state index is 12.9. The number of thiazole rings is 1. The van der Waals surface area contributed by atoms with Crippen LogP contribution in [0.1, 0.15) is 10.4 Å². The number of nitrogens with one attached hydrogen (secondary N) is 1. The van der Waals surface area contributed by atoms with Gasteiger partial charge in [-0.3, -0.25) is 14.3 Å². The van der Waals surface area contributed by atoms with Crippen LogP contribution in [-0.2, 0) is 10.0 Å². The third kappa shape index (κ3) is 3.40. The largest absolute Gasteiger partial charge is 0.288 e. The molecule has 10 heteroatoms. The number of sulfonamides is 1. The molecule has 0 aliphatic heterocycles. The molecule has 3 rings (SSSR count). The Bertz CT molecular complexity index is 1060. The zero-order valence-corrected chi connectivity index (χ0v) is 16.3. The maximum atomic E-state index is 12.9. The zero-order valence-electron chi connectivity index (χ0n) is 13.8. The van der Waals surface area contributed by atoms with Gasteiger partial charge in [0.1, 0.15) is 0 Å². The van der Waals surface area contributed by atoms with Crippen molar-refractivity contribution in [3.8, 4) is 0 Å². The molecule has 0 radical (unpaired) electrons. The number of carbonyl (C=O) groups is 1. The van der Waals surface area contributed by atoms with E-state index in [1.165, 1.54) is 59.9 Å². The first-order valence-electron chi connectivity index (χ1n) is 7.35. The number of nitrogens with zero attached hydrogens (tertiary/aromatic N) is 2. The molecule has 0 saturated carbocycles. The highest BCUT2D eigenvalue weighted by Gasteiger charge is 2.22. The molecule has 1 amide bonds. The van der Waals surface area contributed by atoms with Gasteiger partial charge in [0.05, 0.1) is 20.8 Å². The second kappa shape index (κ2) is 7.23. The predicted molar refractivity (Wildman–Crippen MR) is 103 cm³/mol. The Labute approximate surface area is 158 Å². The van der Waals surface area contributed by atoms with E-state index in [0.29, 0.717) is 11.2 Å². The van der Waals surface area contributed by atoms with Crippen LogP contribution < -0.4 is 9.79 Å². The number of anilines is 1. The quantitative estimate of drug-likeness (QED) is 0.382. The van der Waals surface area contributed by atoms with Gasteiger partial charge in [0.2, 0.25) is 0 Å². The molecule has 0 bridgehead atoms. The fraction of sp³-hybridized carbons (Fsp3) is 0.125. The highest BCUT2D eigenvalue weighted by atomic mass is 32.2. The molecule has 2 N–H and O–H groups in total. The minimum Gasteiger partial charge on any atom is -0.288 e. The van der Waals surface area contributed by atoms with E-state index in [2.05, 4.69) is 4.98 Å². The van der Waals surface area contributed by atoms with Crippen LogP contribution in [0.3, 0.4) is 0 Å². The number of thioether (sulfide) groups is 1. The molecule has 1 aromatic heterocycles. The number of rotatable bonds is 5. The van der Waals surface area contributed by atoms with Crippen LogP contribution in [-0.4, -0.2) is 37.8 Å². The summed E-state index contributed by atoms with van der Waals surface area (Å²) >= 11 is 3.03. The molecule has 3 aromatic rings. The van der Waals surface area contributed by atoms with Gasteiger partial charge in [-0.25, -0.2) is 18.9 Å². The van der Waals surface area contributed by atoms with Crippen molar-refractivity contribution in [3.05, 3.63) is 48.0 Å². The summed E-state index contributed by atoms with van der Waals surface area (Å²) in [7, 11) is -2.34. The van der Waals surface area contributed by atoms with E-state index in [4.69, 9.17) is 5.21 Å². The number of carbonyl (C=O) groups excluding carboxylic acids is 1. The minimum atomic E-state index is -3.78. The zero-order chi connectivity index (χ0) is 18.9. The van der Waals surface area contributed by atoms with Gasteiger partial charge in [-0.05, 0) is 48.7 Å². The molecule has 0 spiro atoms. The average molecular weight is 410 g/mol. The molecule has 0 aliphatic rings. The number of fused-ring (bicyclic) bond motifs is 1. The predicted octanol–water partition coefficient (Wildman–Crippen LogP) is 2.96. The molecule has 1 heterocycles. The molecule has 0 atom stereocenters. The summed E-state index contributed by atoms with van der Waals surface area (Å²) in [5.74, 6) is -0.666. The Hall–Kier alpha value is -2.14. The van der Waals surface area contributed by atoms with Gasteiger partial charge in [0.15, 0.2) is 4.34 Å². The van der Waals surface area contributed by atoms with Crippen molar-refractivity contribution in [1.82, 2.24) is 10.5 Å². The summed E-state index contributed by atoms with van der Waals surface area (Å²) in [4.78, 5) is 15.9. The normalized spacial score (nSPS) is 11.5. The molecule has 0 aliphatic carbocycles. The summed E-state index contributed by atoms with van der Waals surface area (Å²) in [5, 5.41) is 8.64. The number of hydrogen-bond acceptors (Lipinski definition) is 7. The fourth-order valence-corrected chi connectivity index (χ4v) is 5.00. The van der Waals surface area contributed by atoms with E-state index in [1.54, 1.807) is 18.2 Å². The van der Waals surface area contributed by atoms with E-state index in [0.717, 1.165) is 13.3 Å². The molecular formula is C16H15N3O4S3. The Morgan fingerprint density at radius 1 is 1.23 bits per heavy atom. The van der Waals surface area contributed by atoms with Crippen LogP contribution in [0.15, 0.2) is 51.7 Å². The Kier molecular flexibility index (Phi) is 5.19. The van der Waals surface area contributed by atoms with Crippen LogP contribution in [0.25, 0.3) is 10.2 Å². The fourth-order valence-electron chi connectivity index (χ4n) is 2.32. The second-order valence-electron chi connectivity index (χ2n) is 5.27. The highest BCUT2D eigenvalue weighted by molar-refractivity contribution is 8.00. The summed E-state index contributed by atoms with van der Waals surface area (Å²) < 4.78 is 28.7. The number of hydrogen-bond donors (Lipinski definition) is 2. The third-order valence-electron chi connectivity index (χ3n) is 3.77.